The predicted octanol–water partition coefficient (Wildman–Crippen LogP) is 7.65. The Hall–Kier alpha value is -0.603. The zero-order valence-electron chi connectivity index (χ0n) is 19.5. The smallest absolute Gasteiger partial charge is 0.430 e. The molecule has 0 saturated heterocycles. The Morgan fingerprint density at radius 1 is 0.833 bits per heavy atom. The molecule has 0 radical (unpaired) electrons. The number of carbonyl (C=O) groups is 1. The van der Waals surface area contributed by atoms with Crippen LogP contribution in [0.5, 0.6) is 0 Å². The molecule has 0 aromatic carbocycles. The molecule has 0 aliphatic carbocycles. The summed E-state index contributed by atoms with van der Waals surface area (Å²) in [5.74, 6) is -2.23. The molecule has 180 valence electrons. The molecular formula is C22H43F3O4Si. The van der Waals surface area contributed by atoms with Crippen LogP contribution in [0.25, 0.3) is 0 Å². The maximum Gasteiger partial charge on any atom is 0.491 e. The van der Waals surface area contributed by atoms with Crippen LogP contribution in [0.2, 0.25) is 12.6 Å². The van der Waals surface area contributed by atoms with Crippen LogP contribution in [0.4, 0.5) is 13.2 Å². The van der Waals surface area contributed by atoms with Gasteiger partial charge in [-0.2, -0.15) is 13.2 Å². The van der Waals surface area contributed by atoms with Gasteiger partial charge in [0.2, 0.25) is 0 Å². The highest BCUT2D eigenvalue weighted by atomic mass is 28.4. The van der Waals surface area contributed by atoms with Crippen LogP contribution in [0.3, 0.4) is 0 Å². The fourth-order valence-electron chi connectivity index (χ4n) is 3.53. The van der Waals surface area contributed by atoms with Gasteiger partial charge in [-0.25, -0.2) is 4.79 Å². The molecule has 30 heavy (non-hydrogen) atoms. The van der Waals surface area contributed by atoms with Crippen molar-refractivity contribution >= 4 is 14.5 Å². The highest BCUT2D eigenvalue weighted by Crippen LogP contribution is 2.23. The molecule has 2 atom stereocenters. The molecule has 0 fully saturated rings. The van der Waals surface area contributed by atoms with E-state index in [1.165, 1.54) is 71.1 Å². The number of hydrogen-bond acceptors (Lipinski definition) is 4. The van der Waals surface area contributed by atoms with Crippen LogP contribution in [-0.4, -0.2) is 33.6 Å². The van der Waals surface area contributed by atoms with Crippen molar-refractivity contribution in [1.82, 2.24) is 0 Å². The van der Waals surface area contributed by atoms with Crippen LogP contribution in [0, 0.1) is 0 Å². The second-order valence-electron chi connectivity index (χ2n) is 8.15. The highest BCUT2D eigenvalue weighted by Gasteiger charge is 2.43. The third-order valence-electron chi connectivity index (χ3n) is 5.10. The quantitative estimate of drug-likeness (QED) is 0.0866. The first-order chi connectivity index (χ1) is 14.1. The zero-order valence-corrected chi connectivity index (χ0v) is 20.5. The van der Waals surface area contributed by atoms with Gasteiger partial charge in [0, 0.05) is 6.61 Å². The molecule has 2 unspecified atom stereocenters. The monoisotopic (exact) mass is 456 g/mol. The van der Waals surface area contributed by atoms with Gasteiger partial charge in [-0.05, 0) is 26.4 Å². The number of carbonyl (C=O) groups excluding carboxylic acids is 1. The summed E-state index contributed by atoms with van der Waals surface area (Å²) >= 11 is 0. The van der Waals surface area contributed by atoms with Gasteiger partial charge >= 0.3 is 20.7 Å². The standard InChI is InChI=1S/C22H43F3O4Si/c1-5-7-8-9-10-11-12-13-14-15-16-17-18-19-30(4,27-6-2)29-20(3)28-21(26)22(23,24)25/h20H,5-19H2,1-4H3. The van der Waals surface area contributed by atoms with E-state index in [0.29, 0.717) is 12.7 Å². The SMILES string of the molecule is CCCCCCCCCCCCCCC[Si](C)(OCC)OC(C)OC(=O)C(F)(F)F. The number of rotatable bonds is 19. The zero-order chi connectivity index (χ0) is 22.9. The van der Waals surface area contributed by atoms with Crippen molar-refractivity contribution in [2.24, 2.45) is 0 Å². The Morgan fingerprint density at radius 3 is 1.67 bits per heavy atom. The number of unbranched alkanes of at least 4 members (excludes halogenated alkanes) is 12. The number of hydrogen-bond donors (Lipinski definition) is 0. The average molecular weight is 457 g/mol. The first-order valence-electron chi connectivity index (χ1n) is 11.7. The Balaban J connectivity index is 3.90. The normalized spacial score (nSPS) is 15.0. The molecule has 0 amide bonds. The van der Waals surface area contributed by atoms with Gasteiger partial charge in [-0.3, -0.25) is 0 Å². The van der Waals surface area contributed by atoms with E-state index in [9.17, 15) is 18.0 Å². The second-order valence-corrected chi connectivity index (χ2v) is 11.4. The molecule has 0 saturated carbocycles. The Kier molecular flexibility index (Phi) is 16.7. The van der Waals surface area contributed by atoms with Crippen LogP contribution >= 0.6 is 0 Å². The van der Waals surface area contributed by atoms with E-state index in [0.717, 1.165) is 19.3 Å². The third kappa shape index (κ3) is 16.1. The lowest BCUT2D eigenvalue weighted by atomic mass is 10.1. The van der Waals surface area contributed by atoms with E-state index < -0.39 is 27.0 Å². The molecule has 0 aliphatic heterocycles. The van der Waals surface area contributed by atoms with Gasteiger partial charge in [0.05, 0.1) is 0 Å². The molecule has 0 N–H and O–H groups in total. The summed E-state index contributed by atoms with van der Waals surface area (Å²) < 4.78 is 52.7. The molecule has 0 aromatic rings. The first kappa shape index (κ1) is 29.4. The summed E-state index contributed by atoms with van der Waals surface area (Å²) in [5, 5.41) is 0. The minimum atomic E-state index is -5.02. The van der Waals surface area contributed by atoms with Crippen LogP contribution < -0.4 is 0 Å². The molecule has 4 nitrogen and oxygen atoms in total. The van der Waals surface area contributed by atoms with Gasteiger partial charge in [-0.15, -0.1) is 0 Å². The molecule has 0 rings (SSSR count). The largest absolute Gasteiger partial charge is 0.491 e. The minimum absolute atomic E-state index is 0.418. The number of esters is 1. The molecule has 0 spiro atoms. The van der Waals surface area contributed by atoms with Crippen LogP contribution in [0.15, 0.2) is 0 Å². The van der Waals surface area contributed by atoms with E-state index in [1.54, 1.807) is 0 Å². The molecule has 8 heteroatoms. The van der Waals surface area contributed by atoms with Gasteiger partial charge in [-0.1, -0.05) is 90.4 Å². The van der Waals surface area contributed by atoms with Crippen molar-refractivity contribution in [3.05, 3.63) is 0 Å². The molecule has 0 heterocycles. The summed E-state index contributed by atoms with van der Waals surface area (Å²) in [5.41, 5.74) is 0. The van der Waals surface area contributed by atoms with Crippen molar-refractivity contribution in [2.75, 3.05) is 6.61 Å². The molecule has 0 bridgehead atoms. The van der Waals surface area contributed by atoms with E-state index in [2.05, 4.69) is 11.7 Å². The fraction of sp³-hybridized carbons (Fsp3) is 0.955. The van der Waals surface area contributed by atoms with E-state index in [-0.39, 0.29) is 0 Å². The summed E-state index contributed by atoms with van der Waals surface area (Å²) in [6.45, 7) is 7.60. The van der Waals surface area contributed by atoms with Crippen molar-refractivity contribution in [1.29, 1.82) is 0 Å². The second kappa shape index (κ2) is 17.0. The van der Waals surface area contributed by atoms with E-state index >= 15 is 0 Å². The van der Waals surface area contributed by atoms with Crippen molar-refractivity contribution in [3.63, 3.8) is 0 Å². The molecule has 0 aromatic heterocycles. The molecule has 0 aliphatic rings. The summed E-state index contributed by atoms with van der Waals surface area (Å²) in [4.78, 5) is 11.0. The average Bonchev–Trinajstić information content (AvgIpc) is 2.64. The Bertz CT molecular complexity index is 435. The lowest BCUT2D eigenvalue weighted by Crippen LogP contribution is -2.43. The fourth-order valence-corrected chi connectivity index (χ4v) is 6.11. The van der Waals surface area contributed by atoms with E-state index in [4.69, 9.17) is 8.85 Å². The van der Waals surface area contributed by atoms with Gasteiger partial charge < -0.3 is 13.6 Å². The maximum atomic E-state index is 12.3. The topological polar surface area (TPSA) is 44.8 Å². The van der Waals surface area contributed by atoms with Crippen molar-refractivity contribution in [3.8, 4) is 0 Å². The van der Waals surface area contributed by atoms with Crippen molar-refractivity contribution in [2.45, 2.75) is 129 Å². The van der Waals surface area contributed by atoms with Crippen molar-refractivity contribution < 1.29 is 31.6 Å². The Morgan fingerprint density at radius 2 is 1.27 bits per heavy atom. The van der Waals surface area contributed by atoms with E-state index in [1.807, 2.05) is 13.5 Å². The summed E-state index contributed by atoms with van der Waals surface area (Å²) in [6, 6.07) is 0.673. The maximum absolute atomic E-state index is 12.3. The number of ether oxygens (including phenoxy) is 1. The third-order valence-corrected chi connectivity index (χ3v) is 8.10. The van der Waals surface area contributed by atoms with Gasteiger partial charge in [0.1, 0.15) is 0 Å². The Labute approximate surface area is 182 Å². The first-order valence-corrected chi connectivity index (χ1v) is 14.3. The predicted molar refractivity (Wildman–Crippen MR) is 116 cm³/mol. The van der Waals surface area contributed by atoms with Gasteiger partial charge in [0.15, 0.2) is 6.29 Å². The summed E-state index contributed by atoms with van der Waals surface area (Å²) in [7, 11) is -2.68. The number of halogens is 3. The van der Waals surface area contributed by atoms with Gasteiger partial charge in [0.25, 0.3) is 0 Å². The highest BCUT2D eigenvalue weighted by molar-refractivity contribution is 6.66. The van der Waals surface area contributed by atoms with Crippen LogP contribution in [-0.2, 0) is 18.4 Å². The lowest BCUT2D eigenvalue weighted by Gasteiger charge is -2.29. The van der Waals surface area contributed by atoms with Crippen LogP contribution in [0.1, 0.15) is 104 Å². The number of alkyl halides is 3. The summed E-state index contributed by atoms with van der Waals surface area (Å²) in [6.07, 6.45) is 9.98. The minimum Gasteiger partial charge on any atom is -0.430 e. The molecular weight excluding hydrogens is 413 g/mol. The lowest BCUT2D eigenvalue weighted by molar-refractivity contribution is -0.216.